The third kappa shape index (κ3) is 4.01. The highest BCUT2D eigenvalue weighted by molar-refractivity contribution is 6.35. The molecule has 0 fully saturated rings. The molecule has 0 radical (unpaired) electrons. The van der Waals surface area contributed by atoms with Gasteiger partial charge in [0.15, 0.2) is 0 Å². The van der Waals surface area contributed by atoms with Crippen LogP contribution in [0.5, 0.6) is 0 Å². The van der Waals surface area contributed by atoms with Crippen molar-refractivity contribution in [2.75, 3.05) is 0 Å². The number of nitrogens with zero attached hydrogens (tertiary/aromatic N) is 1. The number of hydrogen-bond donors (Lipinski definition) is 1. The van der Waals surface area contributed by atoms with Gasteiger partial charge in [-0.05, 0) is 47.0 Å². The smallest absolute Gasteiger partial charge is 0.313 e. The molecular weight excluding hydrogens is 464 g/mol. The number of carbonyl (C=O) groups is 2. The van der Waals surface area contributed by atoms with Gasteiger partial charge in [-0.1, -0.05) is 65.1 Å². The van der Waals surface area contributed by atoms with Gasteiger partial charge in [-0.25, -0.2) is 4.39 Å². The molecule has 4 rings (SSSR count). The monoisotopic (exact) mass is 477 g/mol. The van der Waals surface area contributed by atoms with E-state index in [9.17, 15) is 19.1 Å². The standard InChI is InChI=1S/C23H15Cl3FNO3/c24-13-6-8-17(19(26)9-13)21-20(23(30)31)15-3-1-2-4-16(15)22(29)28(21)11-12-5-7-14(27)10-18(12)25/h1-10,20-21H,11H2,(H,30,31). The summed E-state index contributed by atoms with van der Waals surface area (Å²) in [6, 6.07) is 14.2. The van der Waals surface area contributed by atoms with Gasteiger partial charge in [0.1, 0.15) is 11.7 Å². The van der Waals surface area contributed by atoms with Crippen molar-refractivity contribution < 1.29 is 19.1 Å². The molecule has 4 nitrogen and oxygen atoms in total. The molecule has 2 atom stereocenters. The molecule has 1 aliphatic rings. The molecule has 31 heavy (non-hydrogen) atoms. The molecule has 2 unspecified atom stereocenters. The van der Waals surface area contributed by atoms with Crippen molar-refractivity contribution in [1.29, 1.82) is 0 Å². The van der Waals surface area contributed by atoms with Crippen molar-refractivity contribution in [3.05, 3.63) is 104 Å². The van der Waals surface area contributed by atoms with Crippen LogP contribution >= 0.6 is 34.8 Å². The first kappa shape index (κ1) is 21.6. The molecule has 3 aromatic rings. The van der Waals surface area contributed by atoms with Crippen LogP contribution in [0.4, 0.5) is 4.39 Å². The Morgan fingerprint density at radius 1 is 0.968 bits per heavy atom. The lowest BCUT2D eigenvalue weighted by molar-refractivity contribution is -0.140. The number of aliphatic carboxylic acids is 1. The normalized spacial score (nSPS) is 18.1. The maximum absolute atomic E-state index is 13.5. The Labute approximate surface area is 192 Å². The average Bonchev–Trinajstić information content (AvgIpc) is 2.71. The average molecular weight is 479 g/mol. The van der Waals surface area contributed by atoms with E-state index in [-0.39, 0.29) is 28.1 Å². The van der Waals surface area contributed by atoms with Gasteiger partial charge >= 0.3 is 5.97 Å². The minimum Gasteiger partial charge on any atom is -0.481 e. The van der Waals surface area contributed by atoms with Gasteiger partial charge in [-0.3, -0.25) is 9.59 Å². The first-order chi connectivity index (χ1) is 14.8. The van der Waals surface area contributed by atoms with Crippen molar-refractivity contribution in [2.24, 2.45) is 0 Å². The number of amides is 1. The number of carboxylic acids is 1. The van der Waals surface area contributed by atoms with Crippen molar-refractivity contribution in [3.63, 3.8) is 0 Å². The molecule has 0 saturated heterocycles. The quantitative estimate of drug-likeness (QED) is 0.475. The Morgan fingerprint density at radius 3 is 2.39 bits per heavy atom. The van der Waals surface area contributed by atoms with Crippen molar-refractivity contribution in [2.45, 2.75) is 18.5 Å². The number of rotatable bonds is 4. The molecule has 1 aliphatic heterocycles. The van der Waals surface area contributed by atoms with Gasteiger partial charge in [0.25, 0.3) is 5.91 Å². The number of carbonyl (C=O) groups excluding carboxylic acids is 1. The van der Waals surface area contributed by atoms with Crippen LogP contribution in [0.25, 0.3) is 0 Å². The summed E-state index contributed by atoms with van der Waals surface area (Å²) >= 11 is 18.7. The van der Waals surface area contributed by atoms with Crippen molar-refractivity contribution in [3.8, 4) is 0 Å². The second-order valence-corrected chi connectivity index (χ2v) is 8.43. The lowest BCUT2D eigenvalue weighted by Gasteiger charge is -2.41. The third-order valence-electron chi connectivity index (χ3n) is 5.34. The predicted molar refractivity (Wildman–Crippen MR) is 117 cm³/mol. The van der Waals surface area contributed by atoms with Crippen LogP contribution in [0.3, 0.4) is 0 Å². The molecule has 1 heterocycles. The van der Waals surface area contributed by atoms with Gasteiger partial charge in [-0.2, -0.15) is 0 Å². The molecule has 1 N–H and O–H groups in total. The Hall–Kier alpha value is -2.60. The van der Waals surface area contributed by atoms with Crippen LogP contribution in [0.15, 0.2) is 60.7 Å². The zero-order valence-corrected chi connectivity index (χ0v) is 18.1. The Balaban J connectivity index is 1.92. The van der Waals surface area contributed by atoms with Gasteiger partial charge < -0.3 is 10.0 Å². The topological polar surface area (TPSA) is 57.6 Å². The highest BCUT2D eigenvalue weighted by Crippen LogP contribution is 2.46. The highest BCUT2D eigenvalue weighted by atomic mass is 35.5. The van der Waals surface area contributed by atoms with Crippen LogP contribution < -0.4 is 0 Å². The lowest BCUT2D eigenvalue weighted by atomic mass is 9.79. The van der Waals surface area contributed by atoms with E-state index in [0.717, 1.165) is 6.07 Å². The molecule has 8 heteroatoms. The summed E-state index contributed by atoms with van der Waals surface area (Å²) in [7, 11) is 0. The van der Waals surface area contributed by atoms with E-state index >= 15 is 0 Å². The fraction of sp³-hybridized carbons (Fsp3) is 0.130. The molecule has 0 bridgehead atoms. The van der Waals surface area contributed by atoms with Crippen molar-refractivity contribution >= 4 is 46.7 Å². The van der Waals surface area contributed by atoms with Crippen LogP contribution in [-0.2, 0) is 11.3 Å². The second kappa shape index (κ2) is 8.50. The maximum Gasteiger partial charge on any atom is 0.313 e. The summed E-state index contributed by atoms with van der Waals surface area (Å²) in [5.74, 6) is -3.06. The second-order valence-electron chi connectivity index (χ2n) is 7.18. The number of hydrogen-bond acceptors (Lipinski definition) is 2. The van der Waals surface area contributed by atoms with E-state index in [1.54, 1.807) is 36.4 Å². The number of benzene rings is 3. The number of fused-ring (bicyclic) bond motifs is 1. The number of halogens is 4. The van der Waals surface area contributed by atoms with E-state index in [1.165, 1.54) is 23.1 Å². The maximum atomic E-state index is 13.5. The molecule has 158 valence electrons. The number of carboxylic acid groups (broad SMARTS) is 1. The lowest BCUT2D eigenvalue weighted by Crippen LogP contribution is -2.44. The largest absolute Gasteiger partial charge is 0.481 e. The Bertz CT molecular complexity index is 1200. The summed E-state index contributed by atoms with van der Waals surface area (Å²) in [5, 5.41) is 10.9. The fourth-order valence-corrected chi connectivity index (χ4v) is 4.70. The summed E-state index contributed by atoms with van der Waals surface area (Å²) in [4.78, 5) is 27.3. The molecule has 0 saturated carbocycles. The third-order valence-corrected chi connectivity index (χ3v) is 6.26. The molecule has 1 amide bonds. The highest BCUT2D eigenvalue weighted by Gasteiger charge is 2.45. The van der Waals surface area contributed by atoms with E-state index in [4.69, 9.17) is 34.8 Å². The first-order valence-electron chi connectivity index (χ1n) is 9.29. The SMILES string of the molecule is O=C(O)C1c2ccccc2C(=O)N(Cc2ccc(F)cc2Cl)C1c1ccc(Cl)cc1Cl. The minimum absolute atomic E-state index is 0.0281. The van der Waals surface area contributed by atoms with Gasteiger partial charge in [0.2, 0.25) is 0 Å². The fourth-order valence-electron chi connectivity index (χ4n) is 3.95. The van der Waals surface area contributed by atoms with E-state index in [0.29, 0.717) is 21.7 Å². The van der Waals surface area contributed by atoms with Crippen molar-refractivity contribution in [1.82, 2.24) is 4.90 Å². The summed E-state index contributed by atoms with van der Waals surface area (Å²) in [6.07, 6.45) is 0. The van der Waals surface area contributed by atoms with Gasteiger partial charge in [0, 0.05) is 27.2 Å². The minimum atomic E-state index is -1.11. The van der Waals surface area contributed by atoms with E-state index < -0.39 is 23.7 Å². The Kier molecular flexibility index (Phi) is 5.93. The summed E-state index contributed by atoms with van der Waals surface area (Å²) < 4.78 is 13.5. The molecule has 3 aromatic carbocycles. The van der Waals surface area contributed by atoms with Crippen LogP contribution in [0.1, 0.15) is 39.0 Å². The molecule has 0 aliphatic carbocycles. The van der Waals surface area contributed by atoms with Gasteiger partial charge in [-0.15, -0.1) is 0 Å². The zero-order valence-electron chi connectivity index (χ0n) is 15.9. The summed E-state index contributed by atoms with van der Waals surface area (Å²) in [5.41, 5.74) is 1.61. The first-order valence-corrected chi connectivity index (χ1v) is 10.4. The van der Waals surface area contributed by atoms with Crippen LogP contribution in [-0.4, -0.2) is 21.9 Å². The van der Waals surface area contributed by atoms with Crippen LogP contribution in [0.2, 0.25) is 15.1 Å². The molecular formula is C23H15Cl3FNO3. The van der Waals surface area contributed by atoms with Crippen LogP contribution in [0, 0.1) is 5.82 Å². The predicted octanol–water partition coefficient (Wildman–Crippen LogP) is 6.35. The van der Waals surface area contributed by atoms with E-state index in [2.05, 4.69) is 0 Å². The molecule has 0 spiro atoms. The Morgan fingerprint density at radius 2 is 1.71 bits per heavy atom. The molecule has 0 aromatic heterocycles. The van der Waals surface area contributed by atoms with Gasteiger partial charge in [0.05, 0.1) is 6.04 Å². The summed E-state index contributed by atoms with van der Waals surface area (Å²) in [6.45, 7) is -0.0281. The zero-order chi connectivity index (χ0) is 22.3. The van der Waals surface area contributed by atoms with E-state index in [1.807, 2.05) is 0 Å².